The number of rotatable bonds is 6. The topological polar surface area (TPSA) is 137 Å². The van der Waals surface area contributed by atoms with Crippen LogP contribution >= 0.6 is 0 Å². The summed E-state index contributed by atoms with van der Waals surface area (Å²) in [6, 6.07) is 9.15. The first kappa shape index (κ1) is 20.6. The Hall–Kier alpha value is -4.08. The fourth-order valence-corrected chi connectivity index (χ4v) is 2.83. The molecular weight excluding hydrogens is 384 g/mol. The first-order valence-electron chi connectivity index (χ1n) is 9.14. The number of hydrogen-bond donors (Lipinski definition) is 2. The van der Waals surface area contributed by atoms with Gasteiger partial charge in [0.05, 0.1) is 5.71 Å². The number of allylic oxidation sites excluding steroid dienone is 4. The van der Waals surface area contributed by atoms with Crippen LogP contribution in [-0.2, 0) is 0 Å². The number of hydrazone groups is 1. The first-order chi connectivity index (χ1) is 14.4. The van der Waals surface area contributed by atoms with Crippen LogP contribution in [0.3, 0.4) is 0 Å². The normalized spacial score (nSPS) is 12.0. The third kappa shape index (κ3) is 4.66. The average molecular weight is 406 g/mol. The highest BCUT2D eigenvalue weighted by atomic mass is 16.6. The van der Waals surface area contributed by atoms with Crippen LogP contribution in [0.1, 0.15) is 38.2 Å². The smallest absolute Gasteiger partial charge is 0.294 e. The molecule has 0 fully saturated rings. The summed E-state index contributed by atoms with van der Waals surface area (Å²) in [6.45, 7) is 7.77. The molecule has 2 aromatic heterocycles. The molecule has 0 saturated carbocycles. The molecule has 0 bridgehead atoms. The lowest BCUT2D eigenvalue weighted by Gasteiger charge is -2.05. The van der Waals surface area contributed by atoms with Crippen LogP contribution in [0, 0.1) is 0 Å². The largest absolute Gasteiger partial charge is 0.378 e. The second-order valence-electron chi connectivity index (χ2n) is 6.84. The Morgan fingerprint density at radius 1 is 1.13 bits per heavy atom. The molecule has 0 spiro atoms. The molecule has 0 aliphatic carbocycles. The standard InChI is InChI=1S/C20H22N8O2/c1-12(2)10-13(3)11-14(4)22-24-20(29)16-17(15-8-6-5-7-9-15)28(27-23-16)19-18(21)25-30-26-19/h5-11H,1-4H3,(H2,21,25)(H,24,29)/b13-11+,22-14?. The second-order valence-corrected chi connectivity index (χ2v) is 6.84. The maximum Gasteiger partial charge on any atom is 0.294 e. The van der Waals surface area contributed by atoms with Crippen LogP contribution in [0.2, 0.25) is 0 Å². The Balaban J connectivity index is 1.95. The van der Waals surface area contributed by atoms with Crippen molar-refractivity contribution in [1.29, 1.82) is 0 Å². The van der Waals surface area contributed by atoms with Crippen molar-refractivity contribution in [2.75, 3.05) is 5.73 Å². The second kappa shape index (κ2) is 8.95. The van der Waals surface area contributed by atoms with Gasteiger partial charge in [-0.15, -0.1) is 5.10 Å². The zero-order chi connectivity index (χ0) is 21.7. The zero-order valence-corrected chi connectivity index (χ0v) is 17.1. The number of nitrogen functional groups attached to an aromatic ring is 1. The van der Waals surface area contributed by atoms with Crippen molar-refractivity contribution in [3.05, 3.63) is 59.3 Å². The van der Waals surface area contributed by atoms with E-state index in [-0.39, 0.29) is 17.3 Å². The summed E-state index contributed by atoms with van der Waals surface area (Å²) in [6.07, 6.45) is 3.89. The van der Waals surface area contributed by atoms with Gasteiger partial charge in [0.15, 0.2) is 5.69 Å². The number of anilines is 1. The lowest BCUT2D eigenvalue weighted by Crippen LogP contribution is -2.20. The Morgan fingerprint density at radius 3 is 2.50 bits per heavy atom. The summed E-state index contributed by atoms with van der Waals surface area (Å²) in [5.74, 6) is -0.360. The number of carbonyl (C=O) groups excluding carboxylic acids is 1. The molecule has 3 aromatic rings. The highest BCUT2D eigenvalue weighted by molar-refractivity contribution is 6.00. The van der Waals surface area contributed by atoms with Gasteiger partial charge >= 0.3 is 0 Å². The van der Waals surface area contributed by atoms with Gasteiger partial charge in [0.1, 0.15) is 5.69 Å². The summed E-state index contributed by atoms with van der Waals surface area (Å²) in [7, 11) is 0. The Labute approximate surface area is 173 Å². The van der Waals surface area contributed by atoms with Crippen LogP contribution in [0.25, 0.3) is 17.1 Å². The van der Waals surface area contributed by atoms with Gasteiger partial charge in [-0.25, -0.2) is 10.1 Å². The van der Waals surface area contributed by atoms with Crippen LogP contribution in [-0.4, -0.2) is 36.9 Å². The van der Waals surface area contributed by atoms with Crippen molar-refractivity contribution in [2.24, 2.45) is 5.10 Å². The number of nitrogens with one attached hydrogen (secondary N) is 1. The average Bonchev–Trinajstić information content (AvgIpc) is 3.32. The van der Waals surface area contributed by atoms with E-state index in [4.69, 9.17) is 5.73 Å². The summed E-state index contributed by atoms with van der Waals surface area (Å²) in [4.78, 5) is 12.8. The maximum atomic E-state index is 12.8. The number of carbonyl (C=O) groups is 1. The quantitative estimate of drug-likeness (QED) is 0.365. The molecule has 0 atom stereocenters. The predicted molar refractivity (Wildman–Crippen MR) is 113 cm³/mol. The summed E-state index contributed by atoms with van der Waals surface area (Å²) in [5, 5.41) is 19.5. The molecule has 10 nitrogen and oxygen atoms in total. The van der Waals surface area contributed by atoms with Crippen molar-refractivity contribution in [1.82, 2.24) is 30.7 Å². The van der Waals surface area contributed by atoms with Crippen molar-refractivity contribution in [3.63, 3.8) is 0 Å². The van der Waals surface area contributed by atoms with Crippen molar-refractivity contribution in [3.8, 4) is 17.1 Å². The number of hydrogen-bond acceptors (Lipinski definition) is 8. The molecule has 0 radical (unpaired) electrons. The molecule has 30 heavy (non-hydrogen) atoms. The Bertz CT molecular complexity index is 1130. The Kier molecular flexibility index (Phi) is 6.16. The van der Waals surface area contributed by atoms with Gasteiger partial charge in [0, 0.05) is 5.56 Å². The van der Waals surface area contributed by atoms with Gasteiger partial charge < -0.3 is 5.73 Å². The molecule has 1 aromatic carbocycles. The molecule has 1 amide bonds. The minimum absolute atomic E-state index is 0.0257. The van der Waals surface area contributed by atoms with E-state index in [1.165, 1.54) is 10.3 Å². The number of nitrogens with two attached hydrogens (primary N) is 1. The molecular formula is C20H22N8O2. The summed E-state index contributed by atoms with van der Waals surface area (Å²) in [5.41, 5.74) is 12.3. The van der Waals surface area contributed by atoms with Crippen LogP contribution in [0.15, 0.2) is 63.4 Å². The van der Waals surface area contributed by atoms with E-state index in [1.807, 2.05) is 63.3 Å². The zero-order valence-electron chi connectivity index (χ0n) is 17.1. The van der Waals surface area contributed by atoms with Gasteiger partial charge in [-0.1, -0.05) is 47.2 Å². The molecule has 0 aliphatic heterocycles. The molecule has 10 heteroatoms. The lowest BCUT2D eigenvalue weighted by molar-refractivity contribution is 0.0950. The molecule has 0 aliphatic rings. The number of aromatic nitrogens is 5. The lowest BCUT2D eigenvalue weighted by atomic mass is 10.1. The van der Waals surface area contributed by atoms with E-state index in [0.29, 0.717) is 17.0 Å². The van der Waals surface area contributed by atoms with Crippen molar-refractivity contribution >= 4 is 17.4 Å². The third-order valence-electron chi connectivity index (χ3n) is 3.92. The molecule has 0 unspecified atom stereocenters. The van der Waals surface area contributed by atoms with E-state index in [9.17, 15) is 4.79 Å². The van der Waals surface area contributed by atoms with Gasteiger partial charge in [0.2, 0.25) is 11.6 Å². The molecule has 3 N–H and O–H groups in total. The monoisotopic (exact) mass is 406 g/mol. The number of benzene rings is 1. The molecule has 2 heterocycles. The van der Waals surface area contributed by atoms with E-state index in [2.05, 4.69) is 35.8 Å². The van der Waals surface area contributed by atoms with Crippen molar-refractivity contribution < 1.29 is 9.42 Å². The van der Waals surface area contributed by atoms with E-state index >= 15 is 0 Å². The SMILES string of the molecule is CC(C)=C/C(C)=C/C(C)=NNC(=O)c1nnn(-c2nonc2N)c1-c1ccccc1. The molecule has 0 saturated heterocycles. The molecule has 3 rings (SSSR count). The number of amides is 1. The Morgan fingerprint density at radius 2 is 1.87 bits per heavy atom. The fourth-order valence-electron chi connectivity index (χ4n) is 2.83. The minimum Gasteiger partial charge on any atom is -0.378 e. The minimum atomic E-state index is -0.525. The van der Waals surface area contributed by atoms with Crippen LogP contribution < -0.4 is 11.2 Å². The fraction of sp³-hybridized carbons (Fsp3) is 0.200. The van der Waals surface area contributed by atoms with Gasteiger partial charge in [-0.3, -0.25) is 4.79 Å². The third-order valence-corrected chi connectivity index (χ3v) is 3.92. The van der Waals surface area contributed by atoms with E-state index < -0.39 is 5.91 Å². The van der Waals surface area contributed by atoms with E-state index in [0.717, 1.165) is 5.57 Å². The van der Waals surface area contributed by atoms with Gasteiger partial charge in [-0.05, 0) is 49.7 Å². The van der Waals surface area contributed by atoms with Gasteiger partial charge in [-0.2, -0.15) is 9.78 Å². The highest BCUT2D eigenvalue weighted by Crippen LogP contribution is 2.26. The van der Waals surface area contributed by atoms with Crippen LogP contribution in [0.4, 0.5) is 5.82 Å². The van der Waals surface area contributed by atoms with E-state index in [1.54, 1.807) is 6.92 Å². The first-order valence-corrected chi connectivity index (χ1v) is 9.14. The van der Waals surface area contributed by atoms with Crippen LogP contribution in [0.5, 0.6) is 0 Å². The number of nitrogens with zero attached hydrogens (tertiary/aromatic N) is 6. The summed E-state index contributed by atoms with van der Waals surface area (Å²) < 4.78 is 5.97. The maximum absolute atomic E-state index is 12.8. The van der Waals surface area contributed by atoms with Gasteiger partial charge in [0.25, 0.3) is 5.91 Å². The summed E-state index contributed by atoms with van der Waals surface area (Å²) >= 11 is 0. The highest BCUT2D eigenvalue weighted by Gasteiger charge is 2.25. The predicted octanol–water partition coefficient (Wildman–Crippen LogP) is 2.92. The van der Waals surface area contributed by atoms with Crippen molar-refractivity contribution in [2.45, 2.75) is 27.7 Å². The molecule has 154 valence electrons.